The van der Waals surface area contributed by atoms with Crippen LogP contribution < -0.4 is 10.5 Å². The van der Waals surface area contributed by atoms with Crippen molar-refractivity contribution in [2.45, 2.75) is 0 Å². The molecule has 0 fully saturated rings. The summed E-state index contributed by atoms with van der Waals surface area (Å²) in [5.41, 5.74) is 6.64. The summed E-state index contributed by atoms with van der Waals surface area (Å²) in [6.07, 6.45) is 1.79. The zero-order valence-electron chi connectivity index (χ0n) is 8.77. The maximum absolute atomic E-state index is 5.62. The Morgan fingerprint density at radius 2 is 1.93 bits per heavy atom. The number of nitrogens with zero attached hydrogens (tertiary/aromatic N) is 2. The van der Waals surface area contributed by atoms with Gasteiger partial charge in [0.1, 0.15) is 17.4 Å². The van der Waals surface area contributed by atoms with Crippen molar-refractivity contribution >= 4 is 5.82 Å². The normalized spacial score (nSPS) is 10.3. The van der Waals surface area contributed by atoms with Crippen molar-refractivity contribution in [1.82, 2.24) is 9.55 Å². The Bertz CT molecular complexity index is 459. The SMILES string of the molecule is COc1ccc(-c2nc(N)cn2C)cc1. The first-order valence-corrected chi connectivity index (χ1v) is 4.64. The van der Waals surface area contributed by atoms with E-state index in [2.05, 4.69) is 4.98 Å². The zero-order valence-corrected chi connectivity index (χ0v) is 8.77. The Morgan fingerprint density at radius 3 is 2.40 bits per heavy atom. The van der Waals surface area contributed by atoms with Crippen LogP contribution in [0.3, 0.4) is 0 Å². The van der Waals surface area contributed by atoms with E-state index in [1.54, 1.807) is 13.3 Å². The van der Waals surface area contributed by atoms with E-state index < -0.39 is 0 Å². The van der Waals surface area contributed by atoms with Gasteiger partial charge < -0.3 is 15.0 Å². The molecule has 0 atom stereocenters. The highest BCUT2D eigenvalue weighted by molar-refractivity contribution is 5.59. The van der Waals surface area contributed by atoms with Gasteiger partial charge in [0.25, 0.3) is 0 Å². The van der Waals surface area contributed by atoms with Crippen LogP contribution in [-0.2, 0) is 7.05 Å². The van der Waals surface area contributed by atoms with Crippen molar-refractivity contribution in [3.05, 3.63) is 30.5 Å². The number of imidazole rings is 1. The van der Waals surface area contributed by atoms with E-state index in [9.17, 15) is 0 Å². The van der Waals surface area contributed by atoms with Gasteiger partial charge in [0.2, 0.25) is 0 Å². The molecule has 0 unspecified atom stereocenters. The van der Waals surface area contributed by atoms with Crippen LogP contribution in [0.1, 0.15) is 0 Å². The van der Waals surface area contributed by atoms with Gasteiger partial charge in [0.15, 0.2) is 0 Å². The van der Waals surface area contributed by atoms with Gasteiger partial charge in [0.05, 0.1) is 7.11 Å². The molecule has 0 bridgehead atoms. The minimum absolute atomic E-state index is 0.531. The molecule has 2 rings (SSSR count). The number of benzene rings is 1. The highest BCUT2D eigenvalue weighted by Crippen LogP contribution is 2.21. The summed E-state index contributed by atoms with van der Waals surface area (Å²) in [6, 6.07) is 7.72. The number of nitrogen functional groups attached to an aromatic ring is 1. The topological polar surface area (TPSA) is 53.1 Å². The van der Waals surface area contributed by atoms with Gasteiger partial charge in [-0.05, 0) is 24.3 Å². The number of anilines is 1. The maximum atomic E-state index is 5.62. The lowest BCUT2D eigenvalue weighted by molar-refractivity contribution is 0.415. The standard InChI is InChI=1S/C11H13N3O/c1-14-7-10(12)13-11(14)8-3-5-9(15-2)6-4-8/h3-7H,12H2,1-2H3. The van der Waals surface area contributed by atoms with Gasteiger partial charge in [-0.2, -0.15) is 0 Å². The molecule has 4 nitrogen and oxygen atoms in total. The van der Waals surface area contributed by atoms with E-state index in [1.807, 2.05) is 35.9 Å². The van der Waals surface area contributed by atoms with Crippen LogP contribution in [0.4, 0.5) is 5.82 Å². The molecule has 1 heterocycles. The van der Waals surface area contributed by atoms with Crippen LogP contribution in [0.15, 0.2) is 30.5 Å². The molecule has 0 spiro atoms. The van der Waals surface area contributed by atoms with Gasteiger partial charge in [-0.15, -0.1) is 0 Å². The van der Waals surface area contributed by atoms with Crippen molar-refractivity contribution in [2.24, 2.45) is 7.05 Å². The van der Waals surface area contributed by atoms with Gasteiger partial charge in [-0.25, -0.2) is 4.98 Å². The molecule has 0 aliphatic carbocycles. The van der Waals surface area contributed by atoms with E-state index in [1.165, 1.54) is 0 Å². The molecule has 2 N–H and O–H groups in total. The van der Waals surface area contributed by atoms with Crippen molar-refractivity contribution in [3.8, 4) is 17.1 Å². The fraction of sp³-hybridized carbons (Fsp3) is 0.182. The molecule has 0 amide bonds. The van der Waals surface area contributed by atoms with Gasteiger partial charge in [0, 0.05) is 18.8 Å². The van der Waals surface area contributed by atoms with Gasteiger partial charge in [-0.1, -0.05) is 0 Å². The largest absolute Gasteiger partial charge is 0.497 e. The Kier molecular flexibility index (Phi) is 2.33. The third-order valence-corrected chi connectivity index (χ3v) is 2.24. The predicted molar refractivity (Wildman–Crippen MR) is 59.6 cm³/mol. The minimum atomic E-state index is 0.531. The van der Waals surface area contributed by atoms with E-state index in [-0.39, 0.29) is 0 Å². The summed E-state index contributed by atoms with van der Waals surface area (Å²) in [7, 11) is 3.57. The molecule has 78 valence electrons. The van der Waals surface area contributed by atoms with Crippen LogP contribution in [0.25, 0.3) is 11.4 Å². The summed E-state index contributed by atoms with van der Waals surface area (Å²) in [6.45, 7) is 0. The van der Waals surface area contributed by atoms with Crippen molar-refractivity contribution in [3.63, 3.8) is 0 Å². The van der Waals surface area contributed by atoms with Crippen molar-refractivity contribution in [2.75, 3.05) is 12.8 Å². The second-order valence-electron chi connectivity index (χ2n) is 3.33. The highest BCUT2D eigenvalue weighted by Gasteiger charge is 2.05. The molecule has 1 aromatic heterocycles. The minimum Gasteiger partial charge on any atom is -0.497 e. The summed E-state index contributed by atoms with van der Waals surface area (Å²) in [4.78, 5) is 4.24. The van der Waals surface area contributed by atoms with Crippen LogP contribution in [0.2, 0.25) is 0 Å². The molecule has 0 saturated heterocycles. The number of hydrogen-bond acceptors (Lipinski definition) is 3. The lowest BCUT2D eigenvalue weighted by atomic mass is 10.2. The van der Waals surface area contributed by atoms with E-state index in [0.717, 1.165) is 17.1 Å². The van der Waals surface area contributed by atoms with E-state index in [4.69, 9.17) is 10.5 Å². The quantitative estimate of drug-likeness (QED) is 0.807. The fourth-order valence-corrected chi connectivity index (χ4v) is 1.50. The molecular weight excluding hydrogens is 190 g/mol. The first-order chi connectivity index (χ1) is 7.20. The predicted octanol–water partition coefficient (Wildman–Crippen LogP) is 1.68. The molecule has 0 saturated carbocycles. The Balaban J connectivity index is 2.41. The van der Waals surface area contributed by atoms with Crippen LogP contribution >= 0.6 is 0 Å². The average molecular weight is 203 g/mol. The maximum Gasteiger partial charge on any atom is 0.142 e. The summed E-state index contributed by atoms with van der Waals surface area (Å²) >= 11 is 0. The first kappa shape index (κ1) is 9.58. The van der Waals surface area contributed by atoms with Gasteiger partial charge >= 0.3 is 0 Å². The number of hydrogen-bond donors (Lipinski definition) is 1. The third-order valence-electron chi connectivity index (χ3n) is 2.24. The molecule has 1 aromatic carbocycles. The average Bonchev–Trinajstić information content (AvgIpc) is 2.58. The van der Waals surface area contributed by atoms with Crippen LogP contribution in [-0.4, -0.2) is 16.7 Å². The first-order valence-electron chi connectivity index (χ1n) is 4.64. The second-order valence-corrected chi connectivity index (χ2v) is 3.33. The number of aryl methyl sites for hydroxylation is 1. The number of aromatic nitrogens is 2. The molecule has 0 aliphatic heterocycles. The number of rotatable bonds is 2. The lowest BCUT2D eigenvalue weighted by Gasteiger charge is -2.03. The third kappa shape index (κ3) is 1.79. The fourth-order valence-electron chi connectivity index (χ4n) is 1.50. The van der Waals surface area contributed by atoms with Crippen molar-refractivity contribution < 1.29 is 4.74 Å². The highest BCUT2D eigenvalue weighted by atomic mass is 16.5. The molecule has 2 aromatic rings. The molecule has 4 heteroatoms. The Labute approximate surface area is 88.3 Å². The smallest absolute Gasteiger partial charge is 0.142 e. The molecule has 0 aliphatic rings. The van der Waals surface area contributed by atoms with Gasteiger partial charge in [-0.3, -0.25) is 0 Å². The number of nitrogens with two attached hydrogens (primary N) is 1. The van der Waals surface area contributed by atoms with E-state index in [0.29, 0.717) is 5.82 Å². The Morgan fingerprint density at radius 1 is 1.27 bits per heavy atom. The molecule has 0 radical (unpaired) electrons. The molecule has 15 heavy (non-hydrogen) atoms. The lowest BCUT2D eigenvalue weighted by Crippen LogP contribution is -1.91. The number of methoxy groups -OCH3 is 1. The van der Waals surface area contributed by atoms with E-state index >= 15 is 0 Å². The van der Waals surface area contributed by atoms with Crippen molar-refractivity contribution in [1.29, 1.82) is 0 Å². The monoisotopic (exact) mass is 203 g/mol. The summed E-state index contributed by atoms with van der Waals surface area (Å²) in [5.74, 6) is 2.22. The Hall–Kier alpha value is -1.97. The summed E-state index contributed by atoms with van der Waals surface area (Å²) < 4.78 is 6.99. The molecular formula is C11H13N3O. The summed E-state index contributed by atoms with van der Waals surface area (Å²) in [5, 5.41) is 0. The van der Waals surface area contributed by atoms with Crippen LogP contribution in [0.5, 0.6) is 5.75 Å². The number of ether oxygens (including phenoxy) is 1. The second kappa shape index (κ2) is 3.65. The van der Waals surface area contributed by atoms with Crippen LogP contribution in [0, 0.1) is 0 Å². The zero-order chi connectivity index (χ0) is 10.8.